The fraction of sp³-hybridized carbons (Fsp3) is 0.881. The van der Waals surface area contributed by atoms with Crippen LogP contribution in [0, 0.1) is 0 Å². The number of unbranched alkanes of at least 4 members (excludes halogenated alkanes) is 44. The highest BCUT2D eigenvalue weighted by Gasteiger charge is 2.20. The predicted molar refractivity (Wildman–Crippen MR) is 319 cm³/mol. The number of rotatable bonds is 61. The number of nitrogens with one attached hydrogen (secondary N) is 1. The third-order valence-electron chi connectivity index (χ3n) is 15.2. The molecule has 0 saturated heterocycles. The molecule has 0 heterocycles. The number of aliphatic hydroxyl groups is 2. The molecule has 0 aliphatic rings. The topological polar surface area (TPSA) is 95.9 Å². The Hall–Kier alpha value is -1.92. The van der Waals surface area contributed by atoms with Crippen LogP contribution in [-0.2, 0) is 14.3 Å². The van der Waals surface area contributed by atoms with Gasteiger partial charge in [0.2, 0.25) is 5.91 Å². The van der Waals surface area contributed by atoms with Gasteiger partial charge in [-0.3, -0.25) is 9.59 Å². The predicted octanol–water partition coefficient (Wildman–Crippen LogP) is 20.8. The lowest BCUT2D eigenvalue weighted by atomic mass is 10.0. The summed E-state index contributed by atoms with van der Waals surface area (Å²) in [5, 5.41) is 23.4. The standard InChI is InChI=1S/C67H127NO5/c1-3-5-7-9-11-13-15-17-19-21-23-24-25-26-27-28-30-31-33-35-39-43-47-51-55-59-65(70)64(63-69)68-66(71)60-56-52-48-44-40-37-38-42-46-50-54-58-62-73-67(72)61-57-53-49-45-41-36-34-32-29-22-20-18-16-14-12-10-8-6-4-2/h12,14,18,20,38,42,64-65,69-70H,3-11,13,15-17,19,21-37,39-41,43-63H2,1-2H3,(H,68,71)/b14-12-,20-18-,42-38-. The van der Waals surface area contributed by atoms with Crippen LogP contribution in [0.1, 0.15) is 354 Å². The number of allylic oxidation sites excluding steroid dienone is 6. The molecule has 0 spiro atoms. The van der Waals surface area contributed by atoms with Crippen molar-refractivity contribution in [1.82, 2.24) is 5.32 Å². The van der Waals surface area contributed by atoms with Gasteiger partial charge >= 0.3 is 5.97 Å². The molecule has 0 bridgehead atoms. The van der Waals surface area contributed by atoms with E-state index in [0.717, 1.165) is 83.5 Å². The summed E-state index contributed by atoms with van der Waals surface area (Å²) < 4.78 is 5.47. The van der Waals surface area contributed by atoms with Crippen molar-refractivity contribution in [2.24, 2.45) is 0 Å². The fourth-order valence-electron chi connectivity index (χ4n) is 10.1. The molecular formula is C67H127NO5. The second kappa shape index (κ2) is 62.6. The SMILES string of the molecule is CCCCC/C=C\C/C=C\CCCCCCCCCCCC(=O)OCCCCC/C=C\CCCCCCCC(=O)NC(CO)C(O)CCCCCCCCCCCCCCCCCCCCCCCCCCC. The van der Waals surface area contributed by atoms with E-state index in [1.165, 1.54) is 238 Å². The van der Waals surface area contributed by atoms with E-state index < -0.39 is 12.1 Å². The first-order chi connectivity index (χ1) is 36.0. The molecular weight excluding hydrogens is 899 g/mol. The van der Waals surface area contributed by atoms with Crippen LogP contribution in [0.2, 0.25) is 0 Å². The van der Waals surface area contributed by atoms with Gasteiger partial charge in [-0.05, 0) is 89.9 Å². The first-order valence-electron chi connectivity index (χ1n) is 32.7. The number of hydrogen-bond donors (Lipinski definition) is 3. The lowest BCUT2D eigenvalue weighted by Crippen LogP contribution is -2.45. The van der Waals surface area contributed by atoms with Crippen LogP contribution in [0.4, 0.5) is 0 Å². The number of carbonyl (C=O) groups excluding carboxylic acids is 2. The first kappa shape index (κ1) is 71.1. The molecule has 0 radical (unpaired) electrons. The van der Waals surface area contributed by atoms with Crippen molar-refractivity contribution in [1.29, 1.82) is 0 Å². The minimum atomic E-state index is -0.683. The van der Waals surface area contributed by atoms with Crippen molar-refractivity contribution in [3.8, 4) is 0 Å². The largest absolute Gasteiger partial charge is 0.466 e. The Morgan fingerprint density at radius 1 is 0.384 bits per heavy atom. The molecule has 1 amide bonds. The molecule has 0 aromatic carbocycles. The van der Waals surface area contributed by atoms with E-state index in [-0.39, 0.29) is 18.5 Å². The summed E-state index contributed by atoms with van der Waals surface area (Å²) in [4.78, 5) is 24.6. The van der Waals surface area contributed by atoms with Gasteiger partial charge in [0, 0.05) is 12.8 Å². The van der Waals surface area contributed by atoms with Gasteiger partial charge in [0.1, 0.15) is 0 Å². The molecule has 73 heavy (non-hydrogen) atoms. The van der Waals surface area contributed by atoms with Crippen molar-refractivity contribution < 1.29 is 24.5 Å². The van der Waals surface area contributed by atoms with E-state index in [9.17, 15) is 19.8 Å². The molecule has 0 fully saturated rings. The Balaban J connectivity index is 3.47. The Labute approximate surface area is 455 Å². The van der Waals surface area contributed by atoms with Gasteiger partial charge in [-0.25, -0.2) is 0 Å². The number of ether oxygens (including phenoxy) is 1. The van der Waals surface area contributed by atoms with E-state index in [4.69, 9.17) is 4.74 Å². The van der Waals surface area contributed by atoms with Gasteiger partial charge in [-0.15, -0.1) is 0 Å². The lowest BCUT2D eigenvalue weighted by molar-refractivity contribution is -0.143. The maximum absolute atomic E-state index is 12.5. The van der Waals surface area contributed by atoms with Gasteiger partial charge in [-0.1, -0.05) is 288 Å². The highest BCUT2D eigenvalue weighted by atomic mass is 16.5. The Morgan fingerprint density at radius 3 is 1.08 bits per heavy atom. The molecule has 0 saturated carbocycles. The monoisotopic (exact) mass is 1030 g/mol. The molecule has 6 heteroatoms. The molecule has 0 aliphatic heterocycles. The number of esters is 1. The zero-order valence-corrected chi connectivity index (χ0v) is 49.1. The Kier molecular flexibility index (Phi) is 61.0. The van der Waals surface area contributed by atoms with Crippen molar-refractivity contribution in [3.05, 3.63) is 36.5 Å². The molecule has 2 unspecified atom stereocenters. The van der Waals surface area contributed by atoms with E-state index in [0.29, 0.717) is 25.9 Å². The second-order valence-corrected chi connectivity index (χ2v) is 22.4. The summed E-state index contributed by atoms with van der Waals surface area (Å²) in [5.74, 6) is -0.0831. The van der Waals surface area contributed by atoms with E-state index in [2.05, 4.69) is 55.6 Å². The molecule has 0 aromatic heterocycles. The number of amides is 1. The summed E-state index contributed by atoms with van der Waals surface area (Å²) in [6.07, 6.45) is 78.8. The zero-order chi connectivity index (χ0) is 52.9. The molecule has 6 nitrogen and oxygen atoms in total. The maximum atomic E-state index is 12.5. The van der Waals surface area contributed by atoms with Crippen LogP contribution in [0.3, 0.4) is 0 Å². The summed E-state index contributed by atoms with van der Waals surface area (Å²) in [5.41, 5.74) is 0. The number of aliphatic hydroxyl groups excluding tert-OH is 2. The van der Waals surface area contributed by atoms with Gasteiger partial charge in [0.15, 0.2) is 0 Å². The van der Waals surface area contributed by atoms with E-state index in [1.54, 1.807) is 0 Å². The average molecular weight is 1030 g/mol. The third-order valence-corrected chi connectivity index (χ3v) is 15.2. The summed E-state index contributed by atoms with van der Waals surface area (Å²) >= 11 is 0. The van der Waals surface area contributed by atoms with Crippen LogP contribution in [0.25, 0.3) is 0 Å². The van der Waals surface area contributed by atoms with Crippen LogP contribution in [0.15, 0.2) is 36.5 Å². The smallest absolute Gasteiger partial charge is 0.305 e. The normalized spacial score (nSPS) is 12.8. The maximum Gasteiger partial charge on any atom is 0.305 e. The zero-order valence-electron chi connectivity index (χ0n) is 49.1. The Morgan fingerprint density at radius 2 is 0.685 bits per heavy atom. The van der Waals surface area contributed by atoms with Crippen molar-refractivity contribution >= 4 is 11.9 Å². The molecule has 430 valence electrons. The number of carbonyl (C=O) groups is 2. The van der Waals surface area contributed by atoms with Crippen LogP contribution in [0.5, 0.6) is 0 Å². The van der Waals surface area contributed by atoms with Gasteiger partial charge in [0.05, 0.1) is 25.4 Å². The lowest BCUT2D eigenvalue weighted by Gasteiger charge is -2.22. The van der Waals surface area contributed by atoms with Crippen LogP contribution >= 0.6 is 0 Å². The molecule has 2 atom stereocenters. The van der Waals surface area contributed by atoms with E-state index >= 15 is 0 Å². The minimum absolute atomic E-state index is 0.0255. The first-order valence-corrected chi connectivity index (χ1v) is 32.7. The van der Waals surface area contributed by atoms with Crippen LogP contribution in [-0.4, -0.2) is 47.4 Å². The summed E-state index contributed by atoms with van der Waals surface area (Å²) in [6, 6.07) is -0.563. The highest BCUT2D eigenvalue weighted by molar-refractivity contribution is 5.76. The number of hydrogen-bond acceptors (Lipinski definition) is 5. The van der Waals surface area contributed by atoms with Crippen molar-refractivity contribution in [3.63, 3.8) is 0 Å². The highest BCUT2D eigenvalue weighted by Crippen LogP contribution is 2.18. The van der Waals surface area contributed by atoms with Crippen LogP contribution < -0.4 is 5.32 Å². The third kappa shape index (κ3) is 59.2. The van der Waals surface area contributed by atoms with Crippen molar-refractivity contribution in [2.45, 2.75) is 366 Å². The van der Waals surface area contributed by atoms with Crippen molar-refractivity contribution in [2.75, 3.05) is 13.2 Å². The Bertz CT molecular complexity index is 1180. The second-order valence-electron chi connectivity index (χ2n) is 22.4. The average Bonchev–Trinajstić information content (AvgIpc) is 3.39. The van der Waals surface area contributed by atoms with E-state index in [1.807, 2.05) is 0 Å². The molecule has 0 aromatic rings. The van der Waals surface area contributed by atoms with Gasteiger partial charge in [-0.2, -0.15) is 0 Å². The summed E-state index contributed by atoms with van der Waals surface area (Å²) in [7, 11) is 0. The summed E-state index contributed by atoms with van der Waals surface area (Å²) in [6.45, 7) is 4.89. The fourth-order valence-corrected chi connectivity index (χ4v) is 10.1. The molecule has 3 N–H and O–H groups in total. The molecule has 0 rings (SSSR count). The van der Waals surface area contributed by atoms with Gasteiger partial charge in [0.25, 0.3) is 0 Å². The quantitative estimate of drug-likeness (QED) is 0.0320. The van der Waals surface area contributed by atoms with Gasteiger partial charge < -0.3 is 20.3 Å². The minimum Gasteiger partial charge on any atom is -0.466 e. The molecule has 0 aliphatic carbocycles.